The van der Waals surface area contributed by atoms with E-state index >= 15 is 0 Å². The second-order valence-electron chi connectivity index (χ2n) is 4.55. The molecule has 0 bridgehead atoms. The minimum absolute atomic E-state index is 0.227. The van der Waals surface area contributed by atoms with Gasteiger partial charge in [0.2, 0.25) is 0 Å². The predicted octanol–water partition coefficient (Wildman–Crippen LogP) is 2.90. The Hall–Kier alpha value is -1.09. The largest absolute Gasteiger partial charge is 0.486 e. The van der Waals surface area contributed by atoms with Crippen molar-refractivity contribution in [3.8, 4) is 5.75 Å². The van der Waals surface area contributed by atoms with Crippen molar-refractivity contribution in [3.63, 3.8) is 0 Å². The standard InChI is InChI=1S/C13H20FNO/c1-5-15-9-13(3,4)16-12-7-6-11(14)8-10(12)2/h6-8,15H,5,9H2,1-4H3. The van der Waals surface area contributed by atoms with Gasteiger partial charge in [0.15, 0.2) is 0 Å². The van der Waals surface area contributed by atoms with E-state index in [1.165, 1.54) is 12.1 Å². The summed E-state index contributed by atoms with van der Waals surface area (Å²) in [6.07, 6.45) is 0. The Morgan fingerprint density at radius 1 is 1.38 bits per heavy atom. The molecule has 0 spiro atoms. The highest BCUT2D eigenvalue weighted by atomic mass is 19.1. The summed E-state index contributed by atoms with van der Waals surface area (Å²) >= 11 is 0. The quantitative estimate of drug-likeness (QED) is 0.832. The summed E-state index contributed by atoms with van der Waals surface area (Å²) in [6, 6.07) is 4.59. The average molecular weight is 225 g/mol. The van der Waals surface area contributed by atoms with Crippen LogP contribution in [-0.4, -0.2) is 18.7 Å². The van der Waals surface area contributed by atoms with Crippen LogP contribution in [-0.2, 0) is 0 Å². The molecule has 0 saturated carbocycles. The first kappa shape index (κ1) is 13.0. The molecule has 0 aliphatic rings. The summed E-state index contributed by atoms with van der Waals surface area (Å²) in [4.78, 5) is 0. The number of halogens is 1. The third-order valence-corrected chi connectivity index (χ3v) is 2.32. The lowest BCUT2D eigenvalue weighted by Gasteiger charge is -2.27. The highest BCUT2D eigenvalue weighted by Crippen LogP contribution is 2.23. The number of aryl methyl sites for hydroxylation is 1. The Labute approximate surface area is 96.8 Å². The molecule has 0 heterocycles. The summed E-state index contributed by atoms with van der Waals surface area (Å²) < 4.78 is 18.8. The first-order chi connectivity index (χ1) is 7.44. The summed E-state index contributed by atoms with van der Waals surface area (Å²) in [5.74, 6) is 0.513. The summed E-state index contributed by atoms with van der Waals surface area (Å²) in [7, 11) is 0. The van der Waals surface area contributed by atoms with Gasteiger partial charge in [-0.2, -0.15) is 0 Å². The Kier molecular flexibility index (Phi) is 4.30. The molecular weight excluding hydrogens is 205 g/mol. The Bertz CT molecular complexity index is 350. The Morgan fingerprint density at radius 3 is 2.62 bits per heavy atom. The van der Waals surface area contributed by atoms with Gasteiger partial charge in [-0.05, 0) is 51.1 Å². The van der Waals surface area contributed by atoms with E-state index in [0.29, 0.717) is 0 Å². The highest BCUT2D eigenvalue weighted by Gasteiger charge is 2.19. The van der Waals surface area contributed by atoms with Gasteiger partial charge in [0.1, 0.15) is 17.2 Å². The molecule has 1 N–H and O–H groups in total. The van der Waals surface area contributed by atoms with Crippen LogP contribution < -0.4 is 10.1 Å². The molecule has 1 rings (SSSR count). The maximum Gasteiger partial charge on any atom is 0.123 e. The van der Waals surface area contributed by atoms with E-state index in [9.17, 15) is 4.39 Å². The Balaban J connectivity index is 2.71. The number of hydrogen-bond donors (Lipinski definition) is 1. The van der Waals surface area contributed by atoms with Crippen molar-refractivity contribution in [2.75, 3.05) is 13.1 Å². The molecule has 1 aromatic rings. The van der Waals surface area contributed by atoms with Gasteiger partial charge < -0.3 is 10.1 Å². The van der Waals surface area contributed by atoms with Crippen LogP contribution in [0.15, 0.2) is 18.2 Å². The van der Waals surface area contributed by atoms with E-state index < -0.39 is 0 Å². The van der Waals surface area contributed by atoms with E-state index in [1.807, 2.05) is 20.8 Å². The fraction of sp³-hybridized carbons (Fsp3) is 0.538. The molecule has 0 aliphatic heterocycles. The van der Waals surface area contributed by atoms with Crippen LogP contribution in [0.1, 0.15) is 26.3 Å². The second kappa shape index (κ2) is 5.30. The van der Waals surface area contributed by atoms with Gasteiger partial charge >= 0.3 is 0 Å². The second-order valence-corrected chi connectivity index (χ2v) is 4.55. The zero-order valence-electron chi connectivity index (χ0n) is 10.4. The van der Waals surface area contributed by atoms with E-state index in [4.69, 9.17) is 4.74 Å². The number of nitrogens with one attached hydrogen (secondary N) is 1. The third-order valence-electron chi connectivity index (χ3n) is 2.32. The van der Waals surface area contributed by atoms with Gasteiger partial charge in [-0.15, -0.1) is 0 Å². The van der Waals surface area contributed by atoms with Gasteiger partial charge in [-0.25, -0.2) is 4.39 Å². The molecular formula is C13H20FNO. The van der Waals surface area contributed by atoms with Crippen molar-refractivity contribution in [1.29, 1.82) is 0 Å². The van der Waals surface area contributed by atoms with E-state index in [-0.39, 0.29) is 11.4 Å². The number of hydrogen-bond acceptors (Lipinski definition) is 2. The number of benzene rings is 1. The molecule has 0 aliphatic carbocycles. The molecule has 2 nitrogen and oxygen atoms in total. The minimum Gasteiger partial charge on any atom is -0.486 e. The zero-order valence-corrected chi connectivity index (χ0v) is 10.4. The van der Waals surface area contributed by atoms with Gasteiger partial charge in [0.25, 0.3) is 0 Å². The van der Waals surface area contributed by atoms with Crippen molar-refractivity contribution in [2.45, 2.75) is 33.3 Å². The first-order valence-corrected chi connectivity index (χ1v) is 5.60. The van der Waals surface area contributed by atoms with Crippen LogP contribution in [0.3, 0.4) is 0 Å². The molecule has 0 fully saturated rings. The first-order valence-electron chi connectivity index (χ1n) is 5.60. The molecule has 3 heteroatoms. The smallest absolute Gasteiger partial charge is 0.123 e. The van der Waals surface area contributed by atoms with Crippen LogP contribution in [0.25, 0.3) is 0 Å². The zero-order chi connectivity index (χ0) is 12.2. The summed E-state index contributed by atoms with van der Waals surface area (Å²) in [6.45, 7) is 9.60. The third kappa shape index (κ3) is 3.81. The fourth-order valence-electron chi connectivity index (χ4n) is 1.49. The minimum atomic E-state index is -0.293. The average Bonchev–Trinajstić information content (AvgIpc) is 2.19. The van der Waals surface area contributed by atoms with Crippen LogP contribution >= 0.6 is 0 Å². The predicted molar refractivity (Wildman–Crippen MR) is 64.4 cm³/mol. The van der Waals surface area contributed by atoms with Crippen LogP contribution in [0.5, 0.6) is 5.75 Å². The number of rotatable bonds is 5. The van der Waals surface area contributed by atoms with Crippen LogP contribution in [0.2, 0.25) is 0 Å². The lowest BCUT2D eigenvalue weighted by Crippen LogP contribution is -2.40. The lowest BCUT2D eigenvalue weighted by molar-refractivity contribution is 0.108. The molecule has 90 valence electrons. The van der Waals surface area contributed by atoms with Gasteiger partial charge in [0.05, 0.1) is 0 Å². The maximum absolute atomic E-state index is 12.9. The van der Waals surface area contributed by atoms with Crippen molar-refractivity contribution >= 4 is 0 Å². The van der Waals surface area contributed by atoms with Gasteiger partial charge in [-0.3, -0.25) is 0 Å². The van der Waals surface area contributed by atoms with Gasteiger partial charge in [-0.1, -0.05) is 6.92 Å². The monoisotopic (exact) mass is 225 g/mol. The van der Waals surface area contributed by atoms with Gasteiger partial charge in [0, 0.05) is 6.54 Å². The molecule has 0 atom stereocenters. The number of ether oxygens (including phenoxy) is 1. The van der Waals surface area contributed by atoms with E-state index in [1.54, 1.807) is 6.07 Å². The number of likely N-dealkylation sites (N-methyl/N-ethyl adjacent to an activating group) is 1. The normalized spacial score (nSPS) is 11.6. The SMILES string of the molecule is CCNCC(C)(C)Oc1ccc(F)cc1C. The van der Waals surface area contributed by atoms with Crippen LogP contribution in [0, 0.1) is 12.7 Å². The molecule has 0 unspecified atom stereocenters. The topological polar surface area (TPSA) is 21.3 Å². The molecule has 0 saturated heterocycles. The van der Waals surface area contributed by atoms with Crippen LogP contribution in [0.4, 0.5) is 4.39 Å². The molecule has 0 aromatic heterocycles. The molecule has 0 amide bonds. The summed E-state index contributed by atoms with van der Waals surface area (Å²) in [5.41, 5.74) is 0.531. The van der Waals surface area contributed by atoms with E-state index in [2.05, 4.69) is 12.2 Å². The van der Waals surface area contributed by atoms with E-state index in [0.717, 1.165) is 24.4 Å². The fourth-order valence-corrected chi connectivity index (χ4v) is 1.49. The van der Waals surface area contributed by atoms with Crippen molar-refractivity contribution in [2.24, 2.45) is 0 Å². The van der Waals surface area contributed by atoms with Crippen molar-refractivity contribution in [1.82, 2.24) is 5.32 Å². The molecule has 0 radical (unpaired) electrons. The molecule has 16 heavy (non-hydrogen) atoms. The lowest BCUT2D eigenvalue weighted by atomic mass is 10.1. The highest BCUT2D eigenvalue weighted by molar-refractivity contribution is 5.33. The molecule has 1 aromatic carbocycles. The summed E-state index contributed by atoms with van der Waals surface area (Å²) in [5, 5.41) is 3.24. The Morgan fingerprint density at radius 2 is 2.06 bits per heavy atom. The van der Waals surface area contributed by atoms with Crippen molar-refractivity contribution in [3.05, 3.63) is 29.6 Å². The van der Waals surface area contributed by atoms with Crippen molar-refractivity contribution < 1.29 is 9.13 Å². The maximum atomic E-state index is 12.9.